The Morgan fingerprint density at radius 3 is 2.28 bits per heavy atom. The second-order valence-corrected chi connectivity index (χ2v) is 8.99. The minimum absolute atomic E-state index is 0.147. The third kappa shape index (κ3) is 4.52. The minimum atomic E-state index is -0.147. The second-order valence-electron chi connectivity index (χ2n) is 8.99. The lowest BCUT2D eigenvalue weighted by Crippen LogP contribution is -2.35. The SMILES string of the molecule is O=C(CC1CCCC1)N1CC=C(c2ccc(NC(=O)N3Cc4nccnc4C3)cc2)CC1. The summed E-state index contributed by atoms with van der Waals surface area (Å²) in [6.07, 6.45) is 12.0. The lowest BCUT2D eigenvalue weighted by Gasteiger charge is -2.28. The number of amides is 3. The van der Waals surface area contributed by atoms with Gasteiger partial charge in [-0.05, 0) is 48.4 Å². The zero-order valence-corrected chi connectivity index (χ0v) is 18.3. The molecule has 0 radical (unpaired) electrons. The molecular weight excluding hydrogens is 402 g/mol. The molecule has 0 atom stereocenters. The highest BCUT2D eigenvalue weighted by Crippen LogP contribution is 2.29. The number of carbonyl (C=O) groups is 2. The number of hydrogen-bond donors (Lipinski definition) is 1. The van der Waals surface area contributed by atoms with Crippen molar-refractivity contribution in [3.8, 4) is 0 Å². The molecule has 1 aromatic heterocycles. The summed E-state index contributed by atoms with van der Waals surface area (Å²) in [6, 6.07) is 7.81. The Hall–Kier alpha value is -3.22. The third-order valence-corrected chi connectivity index (χ3v) is 6.84. The third-order valence-electron chi connectivity index (χ3n) is 6.84. The molecule has 166 valence electrons. The number of urea groups is 1. The fraction of sp³-hybridized carbons (Fsp3) is 0.440. The quantitative estimate of drug-likeness (QED) is 0.786. The van der Waals surface area contributed by atoms with Gasteiger partial charge in [0.25, 0.3) is 0 Å². The molecule has 1 saturated carbocycles. The van der Waals surface area contributed by atoms with Crippen LogP contribution in [0.4, 0.5) is 10.5 Å². The molecule has 7 heteroatoms. The van der Waals surface area contributed by atoms with E-state index in [0.29, 0.717) is 37.9 Å². The second kappa shape index (κ2) is 9.10. The molecule has 0 bridgehead atoms. The summed E-state index contributed by atoms with van der Waals surface area (Å²) in [7, 11) is 0. The van der Waals surface area contributed by atoms with E-state index in [1.807, 2.05) is 29.2 Å². The maximum absolute atomic E-state index is 12.6. The Kier molecular flexibility index (Phi) is 5.88. The summed E-state index contributed by atoms with van der Waals surface area (Å²) in [4.78, 5) is 37.5. The lowest BCUT2D eigenvalue weighted by molar-refractivity contribution is -0.131. The molecule has 1 fully saturated rings. The summed E-state index contributed by atoms with van der Waals surface area (Å²) in [5, 5.41) is 2.96. The van der Waals surface area contributed by atoms with Gasteiger partial charge in [-0.3, -0.25) is 14.8 Å². The van der Waals surface area contributed by atoms with E-state index in [2.05, 4.69) is 21.4 Å². The maximum atomic E-state index is 12.6. The first-order valence-corrected chi connectivity index (χ1v) is 11.6. The van der Waals surface area contributed by atoms with Crippen LogP contribution in [0.3, 0.4) is 0 Å². The average Bonchev–Trinajstić information content (AvgIpc) is 3.49. The molecule has 1 aromatic carbocycles. The molecule has 0 unspecified atom stereocenters. The number of rotatable bonds is 4. The molecule has 2 aliphatic heterocycles. The fourth-order valence-electron chi connectivity index (χ4n) is 4.94. The van der Waals surface area contributed by atoms with Gasteiger partial charge in [-0.1, -0.05) is 31.1 Å². The number of aromatic nitrogens is 2. The van der Waals surface area contributed by atoms with Crippen LogP contribution in [0.25, 0.3) is 5.57 Å². The Balaban J connectivity index is 1.14. The summed E-state index contributed by atoms with van der Waals surface area (Å²) in [5.74, 6) is 0.901. The van der Waals surface area contributed by atoms with Crippen molar-refractivity contribution in [3.63, 3.8) is 0 Å². The molecule has 1 aliphatic carbocycles. The van der Waals surface area contributed by atoms with E-state index in [4.69, 9.17) is 0 Å². The van der Waals surface area contributed by atoms with Crippen molar-refractivity contribution in [2.45, 2.75) is 51.6 Å². The van der Waals surface area contributed by atoms with Gasteiger partial charge in [0, 0.05) is 37.6 Å². The molecule has 2 aromatic rings. The van der Waals surface area contributed by atoms with Crippen molar-refractivity contribution in [1.29, 1.82) is 0 Å². The first-order chi connectivity index (χ1) is 15.7. The zero-order valence-electron chi connectivity index (χ0n) is 18.3. The predicted octanol–water partition coefficient (Wildman–Crippen LogP) is 4.22. The molecule has 3 amide bonds. The highest BCUT2D eigenvalue weighted by Gasteiger charge is 2.26. The average molecular weight is 432 g/mol. The molecular formula is C25H29N5O2. The van der Waals surface area contributed by atoms with Crippen molar-refractivity contribution in [1.82, 2.24) is 19.8 Å². The van der Waals surface area contributed by atoms with E-state index in [0.717, 1.165) is 35.6 Å². The van der Waals surface area contributed by atoms with Gasteiger partial charge in [0.1, 0.15) is 0 Å². The molecule has 7 nitrogen and oxygen atoms in total. The highest BCUT2D eigenvalue weighted by atomic mass is 16.2. The van der Waals surface area contributed by atoms with Crippen molar-refractivity contribution in [2.75, 3.05) is 18.4 Å². The predicted molar refractivity (Wildman–Crippen MR) is 122 cm³/mol. The minimum Gasteiger partial charge on any atom is -0.339 e. The summed E-state index contributed by atoms with van der Waals surface area (Å²) >= 11 is 0. The number of nitrogens with one attached hydrogen (secondary N) is 1. The van der Waals surface area contributed by atoms with Crippen LogP contribution < -0.4 is 5.32 Å². The Morgan fingerprint density at radius 1 is 0.969 bits per heavy atom. The van der Waals surface area contributed by atoms with Crippen LogP contribution >= 0.6 is 0 Å². The number of benzene rings is 1. The van der Waals surface area contributed by atoms with Crippen LogP contribution in [-0.4, -0.2) is 44.8 Å². The van der Waals surface area contributed by atoms with Crippen LogP contribution in [-0.2, 0) is 17.9 Å². The maximum Gasteiger partial charge on any atom is 0.322 e. The number of fused-ring (bicyclic) bond motifs is 1. The standard InChI is InChI=1S/C25H29N5O2/c31-24(15-18-3-1-2-4-18)29-13-9-20(10-14-29)19-5-7-21(8-6-19)28-25(32)30-16-22-23(17-30)27-12-11-26-22/h5-9,11-12,18H,1-4,10,13-17H2,(H,28,32). The highest BCUT2D eigenvalue weighted by molar-refractivity contribution is 5.90. The van der Waals surface area contributed by atoms with Gasteiger partial charge >= 0.3 is 6.03 Å². The summed E-state index contributed by atoms with van der Waals surface area (Å²) in [5.41, 5.74) is 4.89. The van der Waals surface area contributed by atoms with E-state index >= 15 is 0 Å². The molecule has 3 aliphatic rings. The van der Waals surface area contributed by atoms with Crippen LogP contribution in [0, 0.1) is 5.92 Å². The van der Waals surface area contributed by atoms with Crippen LogP contribution in [0.5, 0.6) is 0 Å². The van der Waals surface area contributed by atoms with Gasteiger partial charge in [0.05, 0.1) is 24.5 Å². The van der Waals surface area contributed by atoms with Crippen molar-refractivity contribution in [3.05, 3.63) is 59.7 Å². The van der Waals surface area contributed by atoms with Gasteiger partial charge < -0.3 is 15.1 Å². The van der Waals surface area contributed by atoms with Gasteiger partial charge in [-0.2, -0.15) is 0 Å². The van der Waals surface area contributed by atoms with E-state index < -0.39 is 0 Å². The molecule has 0 spiro atoms. The zero-order chi connectivity index (χ0) is 21.9. The van der Waals surface area contributed by atoms with Crippen LogP contribution in [0.15, 0.2) is 42.7 Å². The molecule has 5 rings (SSSR count). The van der Waals surface area contributed by atoms with Gasteiger partial charge in [0.2, 0.25) is 5.91 Å². The smallest absolute Gasteiger partial charge is 0.322 e. The molecule has 0 saturated heterocycles. The van der Waals surface area contributed by atoms with Crippen LogP contribution in [0.1, 0.15) is 55.5 Å². The van der Waals surface area contributed by atoms with Gasteiger partial charge in [-0.15, -0.1) is 0 Å². The van der Waals surface area contributed by atoms with Crippen molar-refractivity contribution in [2.24, 2.45) is 5.92 Å². The first-order valence-electron chi connectivity index (χ1n) is 11.6. The topological polar surface area (TPSA) is 78.4 Å². The lowest BCUT2D eigenvalue weighted by atomic mass is 9.98. The Labute approximate surface area is 188 Å². The summed E-state index contributed by atoms with van der Waals surface area (Å²) < 4.78 is 0. The van der Waals surface area contributed by atoms with Crippen molar-refractivity contribution < 1.29 is 9.59 Å². The Morgan fingerprint density at radius 2 is 1.66 bits per heavy atom. The number of nitrogens with zero attached hydrogens (tertiary/aromatic N) is 4. The van der Waals surface area contributed by atoms with E-state index in [9.17, 15) is 9.59 Å². The summed E-state index contributed by atoms with van der Waals surface area (Å²) in [6.45, 7) is 2.44. The van der Waals surface area contributed by atoms with E-state index in [-0.39, 0.29) is 6.03 Å². The molecule has 1 N–H and O–H groups in total. The fourth-order valence-corrected chi connectivity index (χ4v) is 4.94. The number of anilines is 1. The molecule has 32 heavy (non-hydrogen) atoms. The largest absolute Gasteiger partial charge is 0.339 e. The first kappa shape index (κ1) is 20.7. The van der Waals surface area contributed by atoms with Gasteiger partial charge in [-0.25, -0.2) is 4.79 Å². The Bertz CT molecular complexity index is 1000. The molecule has 3 heterocycles. The van der Waals surface area contributed by atoms with E-state index in [1.54, 1.807) is 17.3 Å². The monoisotopic (exact) mass is 431 g/mol. The number of carbonyl (C=O) groups excluding carboxylic acids is 2. The number of hydrogen-bond acceptors (Lipinski definition) is 4. The normalized spacial score (nSPS) is 18.4. The van der Waals surface area contributed by atoms with Crippen LogP contribution in [0.2, 0.25) is 0 Å². The van der Waals surface area contributed by atoms with E-state index in [1.165, 1.54) is 31.3 Å². The van der Waals surface area contributed by atoms with Crippen molar-refractivity contribution >= 4 is 23.2 Å². The van der Waals surface area contributed by atoms with Gasteiger partial charge in [0.15, 0.2) is 0 Å².